The zero-order chi connectivity index (χ0) is 21.3. The first-order valence-electron chi connectivity index (χ1n) is 9.00. The number of aryl methyl sites for hydroxylation is 3. The first kappa shape index (κ1) is 20.4. The molecule has 0 saturated heterocycles. The summed E-state index contributed by atoms with van der Waals surface area (Å²) < 4.78 is 41.9. The highest BCUT2D eigenvalue weighted by Gasteiger charge is 2.36. The third kappa shape index (κ3) is 4.09. The lowest BCUT2D eigenvalue weighted by Gasteiger charge is -2.19. The van der Waals surface area contributed by atoms with Gasteiger partial charge in [-0.2, -0.15) is 18.4 Å². The third-order valence-corrected chi connectivity index (χ3v) is 4.89. The van der Waals surface area contributed by atoms with Gasteiger partial charge in [0.1, 0.15) is 11.6 Å². The molecule has 0 unspecified atom stereocenters. The van der Waals surface area contributed by atoms with E-state index in [1.807, 2.05) is 39.0 Å². The highest BCUT2D eigenvalue weighted by molar-refractivity contribution is 5.63. The summed E-state index contributed by atoms with van der Waals surface area (Å²) >= 11 is 0. The van der Waals surface area contributed by atoms with E-state index in [4.69, 9.17) is 0 Å². The van der Waals surface area contributed by atoms with E-state index < -0.39 is 22.9 Å². The van der Waals surface area contributed by atoms with Gasteiger partial charge in [0.05, 0.1) is 17.8 Å². The molecule has 0 aliphatic rings. The van der Waals surface area contributed by atoms with E-state index in [-0.39, 0.29) is 12.2 Å². The first-order chi connectivity index (χ1) is 13.6. The van der Waals surface area contributed by atoms with Gasteiger partial charge in [0.15, 0.2) is 0 Å². The number of halogens is 3. The van der Waals surface area contributed by atoms with Crippen LogP contribution >= 0.6 is 0 Å². The summed E-state index contributed by atoms with van der Waals surface area (Å²) in [6.07, 6.45) is -4.80. The zero-order valence-corrected chi connectivity index (χ0v) is 16.3. The van der Waals surface area contributed by atoms with Crippen molar-refractivity contribution in [3.8, 4) is 17.3 Å². The van der Waals surface area contributed by atoms with Crippen molar-refractivity contribution in [2.24, 2.45) is 0 Å². The molecule has 0 N–H and O–H groups in total. The van der Waals surface area contributed by atoms with E-state index in [1.165, 1.54) is 10.6 Å². The lowest BCUT2D eigenvalue weighted by Crippen LogP contribution is -2.29. The topological polar surface area (TPSA) is 45.8 Å². The van der Waals surface area contributed by atoms with E-state index in [2.05, 4.69) is 0 Å². The lowest BCUT2D eigenvalue weighted by molar-refractivity contribution is -0.137. The van der Waals surface area contributed by atoms with Crippen LogP contribution < -0.4 is 5.56 Å². The fraction of sp³-hybridized carbons (Fsp3) is 0.217. The molecule has 29 heavy (non-hydrogen) atoms. The molecular weight excluding hydrogens is 377 g/mol. The van der Waals surface area contributed by atoms with E-state index in [0.29, 0.717) is 5.56 Å². The number of nitriles is 1. The molecule has 0 aliphatic carbocycles. The minimum absolute atomic E-state index is 0.0704. The molecule has 6 heteroatoms. The van der Waals surface area contributed by atoms with Crippen LogP contribution in [0.2, 0.25) is 0 Å². The highest BCUT2D eigenvalue weighted by atomic mass is 19.4. The number of alkyl halides is 3. The predicted octanol–water partition coefficient (Wildman–Crippen LogP) is 5.38. The third-order valence-electron chi connectivity index (χ3n) is 4.89. The predicted molar refractivity (Wildman–Crippen MR) is 106 cm³/mol. The first-order valence-corrected chi connectivity index (χ1v) is 9.00. The van der Waals surface area contributed by atoms with Crippen LogP contribution in [0.3, 0.4) is 0 Å². The molecule has 148 valence electrons. The summed E-state index contributed by atoms with van der Waals surface area (Å²) in [6.45, 7) is 5.76. The Bertz CT molecular complexity index is 1170. The quantitative estimate of drug-likeness (QED) is 0.597. The van der Waals surface area contributed by atoms with Crippen LogP contribution in [0.25, 0.3) is 11.3 Å². The van der Waals surface area contributed by atoms with Crippen molar-refractivity contribution in [2.45, 2.75) is 33.5 Å². The standard InChI is InChI=1S/C23H19F3N2O/c1-14-4-7-17(8-5-14)21-11-20(23(24,25)26)19(12-27)22(29)28(21)13-18-9-6-15(2)10-16(18)3/h4-11H,13H2,1-3H3. The van der Waals surface area contributed by atoms with Gasteiger partial charge in [-0.1, -0.05) is 53.6 Å². The molecule has 1 aromatic heterocycles. The van der Waals surface area contributed by atoms with Crippen LogP contribution in [0.1, 0.15) is 33.4 Å². The van der Waals surface area contributed by atoms with E-state index in [1.54, 1.807) is 24.3 Å². The Morgan fingerprint density at radius 1 is 0.966 bits per heavy atom. The van der Waals surface area contributed by atoms with Gasteiger partial charge in [-0.05, 0) is 43.5 Å². The fourth-order valence-corrected chi connectivity index (χ4v) is 3.29. The molecule has 2 aromatic carbocycles. The van der Waals surface area contributed by atoms with Crippen molar-refractivity contribution in [2.75, 3.05) is 0 Å². The largest absolute Gasteiger partial charge is 0.417 e. The molecule has 0 fully saturated rings. The number of benzene rings is 2. The normalized spacial score (nSPS) is 11.3. The van der Waals surface area contributed by atoms with Gasteiger partial charge in [-0.25, -0.2) is 0 Å². The van der Waals surface area contributed by atoms with E-state index >= 15 is 0 Å². The maximum Gasteiger partial charge on any atom is 0.417 e. The van der Waals surface area contributed by atoms with Gasteiger partial charge in [0.2, 0.25) is 0 Å². The Morgan fingerprint density at radius 3 is 2.14 bits per heavy atom. The Labute approximate surface area is 166 Å². The van der Waals surface area contributed by atoms with Gasteiger partial charge in [-0.3, -0.25) is 4.79 Å². The SMILES string of the molecule is Cc1ccc(-c2cc(C(F)(F)F)c(C#N)c(=O)n2Cc2ccc(C)cc2C)cc1. The molecule has 0 saturated carbocycles. The average molecular weight is 396 g/mol. The van der Waals surface area contributed by atoms with Gasteiger partial charge >= 0.3 is 6.18 Å². The van der Waals surface area contributed by atoms with Gasteiger partial charge in [0.25, 0.3) is 5.56 Å². The Morgan fingerprint density at radius 2 is 1.59 bits per heavy atom. The molecule has 3 nitrogen and oxygen atoms in total. The van der Waals surface area contributed by atoms with Crippen LogP contribution in [0.4, 0.5) is 13.2 Å². The number of hydrogen-bond donors (Lipinski definition) is 0. The summed E-state index contributed by atoms with van der Waals surface area (Å²) in [5.41, 5.74) is 1.27. The average Bonchev–Trinajstić information content (AvgIpc) is 2.64. The number of pyridine rings is 1. The molecule has 0 bridgehead atoms. The van der Waals surface area contributed by atoms with Crippen molar-refractivity contribution in [1.82, 2.24) is 4.57 Å². The number of rotatable bonds is 3. The summed E-state index contributed by atoms with van der Waals surface area (Å²) in [5, 5.41) is 9.28. The summed E-state index contributed by atoms with van der Waals surface area (Å²) in [4.78, 5) is 13.0. The lowest BCUT2D eigenvalue weighted by atomic mass is 10.0. The van der Waals surface area contributed by atoms with Crippen molar-refractivity contribution in [1.29, 1.82) is 5.26 Å². The Balaban J connectivity index is 2.31. The molecular formula is C23H19F3N2O. The van der Waals surface area contributed by atoms with Crippen molar-refractivity contribution in [3.63, 3.8) is 0 Å². The number of aromatic nitrogens is 1. The molecule has 0 radical (unpaired) electrons. The minimum atomic E-state index is -4.80. The minimum Gasteiger partial charge on any atom is -0.303 e. The summed E-state index contributed by atoms with van der Waals surface area (Å²) in [5.74, 6) is 0. The van der Waals surface area contributed by atoms with Crippen molar-refractivity contribution < 1.29 is 13.2 Å². The van der Waals surface area contributed by atoms with E-state index in [0.717, 1.165) is 28.3 Å². The molecule has 0 amide bonds. The number of nitrogens with zero attached hydrogens (tertiary/aromatic N) is 2. The molecule has 3 rings (SSSR count). The second-order valence-electron chi connectivity index (χ2n) is 7.12. The monoisotopic (exact) mass is 396 g/mol. The van der Waals surface area contributed by atoms with Gasteiger partial charge in [-0.15, -0.1) is 0 Å². The van der Waals surface area contributed by atoms with Crippen LogP contribution in [-0.2, 0) is 12.7 Å². The molecule has 1 heterocycles. The highest BCUT2D eigenvalue weighted by Crippen LogP contribution is 2.34. The van der Waals surface area contributed by atoms with Crippen LogP contribution in [0.15, 0.2) is 53.3 Å². The van der Waals surface area contributed by atoms with Crippen LogP contribution in [0.5, 0.6) is 0 Å². The summed E-state index contributed by atoms with van der Waals surface area (Å²) in [6, 6.07) is 14.9. The number of hydrogen-bond acceptors (Lipinski definition) is 2. The zero-order valence-electron chi connectivity index (χ0n) is 16.3. The van der Waals surface area contributed by atoms with Gasteiger partial charge in [0, 0.05) is 0 Å². The summed E-state index contributed by atoms with van der Waals surface area (Å²) in [7, 11) is 0. The van der Waals surface area contributed by atoms with Gasteiger partial charge < -0.3 is 4.57 Å². The van der Waals surface area contributed by atoms with Crippen LogP contribution in [-0.4, -0.2) is 4.57 Å². The van der Waals surface area contributed by atoms with Crippen molar-refractivity contribution in [3.05, 3.63) is 92.3 Å². The molecule has 0 atom stereocenters. The van der Waals surface area contributed by atoms with Crippen molar-refractivity contribution >= 4 is 0 Å². The maximum atomic E-state index is 13.5. The molecule has 0 aliphatic heterocycles. The maximum absolute atomic E-state index is 13.5. The second-order valence-corrected chi connectivity index (χ2v) is 7.12. The van der Waals surface area contributed by atoms with Crippen LogP contribution in [0, 0.1) is 32.1 Å². The van der Waals surface area contributed by atoms with E-state index in [9.17, 15) is 23.2 Å². The molecule has 0 spiro atoms. The Kier molecular flexibility index (Phi) is 5.34. The molecule has 3 aromatic rings. The second kappa shape index (κ2) is 7.59. The Hall–Kier alpha value is -3.33. The fourth-order valence-electron chi connectivity index (χ4n) is 3.29. The smallest absolute Gasteiger partial charge is 0.303 e.